The molecule has 1 unspecified atom stereocenters. The number of ether oxygens (including phenoxy) is 1. The number of fused-ring (bicyclic) bond motifs is 1. The fourth-order valence-corrected chi connectivity index (χ4v) is 1.77. The molecule has 1 aromatic heterocycles. The molecule has 2 N–H and O–H groups in total. The molecule has 5 nitrogen and oxygen atoms in total. The molecule has 1 atom stereocenters. The van der Waals surface area contributed by atoms with Gasteiger partial charge in [0.2, 0.25) is 0 Å². The molecule has 1 heterocycles. The van der Waals surface area contributed by atoms with Crippen LogP contribution >= 0.6 is 0 Å². The van der Waals surface area contributed by atoms with Crippen molar-refractivity contribution in [2.45, 2.75) is 13.0 Å². The first kappa shape index (κ1) is 12.4. The predicted molar refractivity (Wildman–Crippen MR) is 66.8 cm³/mol. The number of methoxy groups -OCH3 is 1. The topological polar surface area (TPSA) is 71.7 Å². The molecule has 0 aliphatic rings. The van der Waals surface area contributed by atoms with E-state index in [1.165, 1.54) is 0 Å². The van der Waals surface area contributed by atoms with E-state index in [0.717, 1.165) is 5.39 Å². The van der Waals surface area contributed by atoms with E-state index in [-0.39, 0.29) is 12.6 Å². The zero-order valence-corrected chi connectivity index (χ0v) is 10.3. The van der Waals surface area contributed by atoms with Crippen molar-refractivity contribution < 1.29 is 19.1 Å². The zero-order valence-electron chi connectivity index (χ0n) is 10.3. The highest BCUT2D eigenvalue weighted by Gasteiger charge is 2.14. The van der Waals surface area contributed by atoms with E-state index < -0.39 is 5.97 Å². The summed E-state index contributed by atoms with van der Waals surface area (Å²) in [6.45, 7) is 1.75. The number of hydrogen-bond donors (Lipinski definition) is 2. The lowest BCUT2D eigenvalue weighted by Gasteiger charge is -2.08. The SMILES string of the molecule is COc1cccc2cc(C(C)NCC(=O)O)oc12. The molecule has 0 saturated carbocycles. The van der Waals surface area contributed by atoms with E-state index in [0.29, 0.717) is 17.1 Å². The Morgan fingerprint density at radius 2 is 2.33 bits per heavy atom. The minimum absolute atomic E-state index is 0.102. The van der Waals surface area contributed by atoms with Crippen molar-refractivity contribution >= 4 is 16.9 Å². The molecule has 0 bridgehead atoms. The number of para-hydroxylation sites is 1. The number of hydrogen-bond acceptors (Lipinski definition) is 4. The van der Waals surface area contributed by atoms with Crippen molar-refractivity contribution in [3.05, 3.63) is 30.0 Å². The van der Waals surface area contributed by atoms with E-state index >= 15 is 0 Å². The Hall–Kier alpha value is -2.01. The molecule has 0 aliphatic heterocycles. The van der Waals surface area contributed by atoms with Crippen molar-refractivity contribution in [1.29, 1.82) is 0 Å². The summed E-state index contributed by atoms with van der Waals surface area (Å²) in [5, 5.41) is 12.4. The minimum Gasteiger partial charge on any atom is -0.493 e. The van der Waals surface area contributed by atoms with Crippen molar-refractivity contribution in [3.63, 3.8) is 0 Å². The number of carboxylic acids is 1. The summed E-state index contributed by atoms with van der Waals surface area (Å²) in [6.07, 6.45) is 0. The molecule has 2 rings (SSSR count). The summed E-state index contributed by atoms with van der Waals surface area (Å²) < 4.78 is 10.9. The summed E-state index contributed by atoms with van der Waals surface area (Å²) in [7, 11) is 1.59. The molecule has 18 heavy (non-hydrogen) atoms. The Bertz CT molecular complexity index is 561. The van der Waals surface area contributed by atoms with Gasteiger partial charge in [0.25, 0.3) is 0 Å². The second-order valence-electron chi connectivity index (χ2n) is 4.02. The zero-order chi connectivity index (χ0) is 13.1. The molecule has 0 radical (unpaired) electrons. The standard InChI is InChI=1S/C13H15NO4/c1-8(14-7-12(15)16)11-6-9-4-3-5-10(17-2)13(9)18-11/h3-6,8,14H,7H2,1-2H3,(H,15,16). The third kappa shape index (κ3) is 2.46. The number of carbonyl (C=O) groups is 1. The first-order valence-corrected chi connectivity index (χ1v) is 5.63. The fraction of sp³-hybridized carbons (Fsp3) is 0.308. The second kappa shape index (κ2) is 5.10. The van der Waals surface area contributed by atoms with Gasteiger partial charge >= 0.3 is 5.97 Å². The van der Waals surface area contributed by atoms with Crippen LogP contribution in [-0.2, 0) is 4.79 Å². The van der Waals surface area contributed by atoms with E-state index in [9.17, 15) is 4.79 Å². The van der Waals surface area contributed by atoms with Crippen LogP contribution in [0.15, 0.2) is 28.7 Å². The lowest BCUT2D eigenvalue weighted by molar-refractivity contribution is -0.136. The average molecular weight is 249 g/mol. The fourth-order valence-electron chi connectivity index (χ4n) is 1.77. The summed E-state index contributed by atoms with van der Waals surface area (Å²) in [5.41, 5.74) is 0.680. The maximum absolute atomic E-state index is 10.5. The first-order chi connectivity index (χ1) is 8.61. The minimum atomic E-state index is -0.893. The summed E-state index contributed by atoms with van der Waals surface area (Å²) in [5.74, 6) is 0.468. The molecular formula is C13H15NO4. The quantitative estimate of drug-likeness (QED) is 0.849. The van der Waals surface area contributed by atoms with Crippen molar-refractivity contribution in [3.8, 4) is 5.75 Å². The van der Waals surface area contributed by atoms with Crippen LogP contribution in [0.2, 0.25) is 0 Å². The molecule has 0 saturated heterocycles. The van der Waals surface area contributed by atoms with Crippen LogP contribution < -0.4 is 10.1 Å². The van der Waals surface area contributed by atoms with Crippen molar-refractivity contribution in [2.75, 3.05) is 13.7 Å². The molecule has 0 fully saturated rings. The van der Waals surface area contributed by atoms with E-state index in [4.69, 9.17) is 14.3 Å². The van der Waals surface area contributed by atoms with Gasteiger partial charge in [-0.3, -0.25) is 10.1 Å². The Balaban J connectivity index is 2.26. The van der Waals surface area contributed by atoms with Crippen LogP contribution in [0.25, 0.3) is 11.0 Å². The van der Waals surface area contributed by atoms with Crippen LogP contribution in [0, 0.1) is 0 Å². The van der Waals surface area contributed by atoms with E-state index in [2.05, 4.69) is 5.32 Å². The van der Waals surface area contributed by atoms with Gasteiger partial charge in [-0.2, -0.15) is 0 Å². The second-order valence-corrected chi connectivity index (χ2v) is 4.02. The average Bonchev–Trinajstić information content (AvgIpc) is 2.79. The summed E-state index contributed by atoms with van der Waals surface area (Å²) in [4.78, 5) is 10.5. The molecule has 0 spiro atoms. The van der Waals surface area contributed by atoms with Gasteiger partial charge in [-0.05, 0) is 19.1 Å². The maximum Gasteiger partial charge on any atom is 0.317 e. The van der Waals surface area contributed by atoms with Gasteiger partial charge in [0.05, 0.1) is 19.7 Å². The van der Waals surface area contributed by atoms with Gasteiger partial charge in [0, 0.05) is 5.39 Å². The molecule has 0 aliphatic carbocycles. The Morgan fingerprint density at radius 3 is 3.00 bits per heavy atom. The molecule has 96 valence electrons. The van der Waals surface area contributed by atoms with Gasteiger partial charge in [0.1, 0.15) is 5.76 Å². The highest BCUT2D eigenvalue weighted by atomic mass is 16.5. The predicted octanol–water partition coefficient (Wildman–Crippen LogP) is 2.18. The number of furan rings is 1. The van der Waals surface area contributed by atoms with Crippen LogP contribution in [0.4, 0.5) is 0 Å². The van der Waals surface area contributed by atoms with Gasteiger partial charge in [-0.15, -0.1) is 0 Å². The van der Waals surface area contributed by atoms with Gasteiger partial charge in [0.15, 0.2) is 11.3 Å². The van der Waals surface area contributed by atoms with Gasteiger partial charge in [-0.25, -0.2) is 0 Å². The van der Waals surface area contributed by atoms with Crippen LogP contribution in [0.3, 0.4) is 0 Å². The lowest BCUT2D eigenvalue weighted by atomic mass is 10.2. The number of nitrogens with one attached hydrogen (secondary N) is 1. The number of carboxylic acid groups (broad SMARTS) is 1. The highest BCUT2D eigenvalue weighted by Crippen LogP contribution is 2.30. The van der Waals surface area contributed by atoms with E-state index in [1.54, 1.807) is 7.11 Å². The van der Waals surface area contributed by atoms with Crippen molar-refractivity contribution in [1.82, 2.24) is 5.32 Å². The van der Waals surface area contributed by atoms with Crippen LogP contribution in [0.1, 0.15) is 18.7 Å². The van der Waals surface area contributed by atoms with Crippen LogP contribution in [-0.4, -0.2) is 24.7 Å². The molecular weight excluding hydrogens is 234 g/mol. The van der Waals surface area contributed by atoms with Crippen molar-refractivity contribution in [2.24, 2.45) is 0 Å². The third-order valence-corrected chi connectivity index (χ3v) is 2.73. The molecule has 5 heteroatoms. The Kier molecular flexibility index (Phi) is 3.53. The monoisotopic (exact) mass is 249 g/mol. The maximum atomic E-state index is 10.5. The Labute approximate surface area is 104 Å². The smallest absolute Gasteiger partial charge is 0.317 e. The van der Waals surface area contributed by atoms with Gasteiger partial charge in [-0.1, -0.05) is 12.1 Å². The first-order valence-electron chi connectivity index (χ1n) is 5.63. The highest BCUT2D eigenvalue weighted by molar-refractivity contribution is 5.83. The third-order valence-electron chi connectivity index (χ3n) is 2.73. The summed E-state index contributed by atoms with van der Waals surface area (Å²) >= 11 is 0. The molecule has 2 aromatic rings. The summed E-state index contributed by atoms with van der Waals surface area (Å²) in [6, 6.07) is 7.35. The normalized spacial score (nSPS) is 12.6. The number of rotatable bonds is 5. The molecule has 0 amide bonds. The number of benzene rings is 1. The van der Waals surface area contributed by atoms with Gasteiger partial charge < -0.3 is 14.3 Å². The van der Waals surface area contributed by atoms with Crippen LogP contribution in [0.5, 0.6) is 5.75 Å². The largest absolute Gasteiger partial charge is 0.493 e. The number of aliphatic carboxylic acids is 1. The Morgan fingerprint density at radius 1 is 1.56 bits per heavy atom. The van der Waals surface area contributed by atoms with E-state index in [1.807, 2.05) is 31.2 Å². The lowest BCUT2D eigenvalue weighted by Crippen LogP contribution is -2.25. The molecule has 1 aromatic carbocycles.